The molecule has 148 valence electrons. The number of phenolic OH excluding ortho intramolecular Hbond substituents is 2. The van der Waals surface area contributed by atoms with Crippen LogP contribution in [0.15, 0.2) is 29.9 Å². The Morgan fingerprint density at radius 3 is 2.59 bits per heavy atom. The molecule has 3 N–H and O–H groups in total. The highest BCUT2D eigenvalue weighted by Gasteiger charge is 2.32. The zero-order chi connectivity index (χ0) is 20.1. The zero-order valence-electron chi connectivity index (χ0n) is 16.7. The number of allylic oxidation sites excluding steroid dienone is 3. The molecule has 0 radical (unpaired) electrons. The highest BCUT2D eigenvalue weighted by molar-refractivity contribution is 5.73. The molecular formula is C23H32O4. The summed E-state index contributed by atoms with van der Waals surface area (Å²) < 4.78 is 0. The van der Waals surface area contributed by atoms with E-state index in [1.54, 1.807) is 6.07 Å². The van der Waals surface area contributed by atoms with Gasteiger partial charge in [-0.2, -0.15) is 0 Å². The van der Waals surface area contributed by atoms with Crippen LogP contribution in [0.1, 0.15) is 75.5 Å². The van der Waals surface area contributed by atoms with E-state index in [-0.39, 0.29) is 29.8 Å². The Balaban J connectivity index is 2.57. The molecule has 2 unspecified atom stereocenters. The lowest BCUT2D eigenvalue weighted by molar-refractivity contribution is -0.136. The predicted octanol–water partition coefficient (Wildman–Crippen LogP) is 5.47. The van der Waals surface area contributed by atoms with Gasteiger partial charge in [-0.1, -0.05) is 43.6 Å². The van der Waals surface area contributed by atoms with E-state index >= 15 is 0 Å². The molecule has 0 spiro atoms. The molecule has 1 aromatic rings. The fourth-order valence-electron chi connectivity index (χ4n) is 4.14. The van der Waals surface area contributed by atoms with Crippen molar-refractivity contribution in [1.29, 1.82) is 0 Å². The van der Waals surface area contributed by atoms with Crippen LogP contribution in [0.5, 0.6) is 11.5 Å². The largest absolute Gasteiger partial charge is 0.507 e. The van der Waals surface area contributed by atoms with Crippen molar-refractivity contribution in [1.82, 2.24) is 0 Å². The molecule has 0 saturated carbocycles. The number of aromatic hydroxyl groups is 2. The monoisotopic (exact) mass is 372 g/mol. The minimum absolute atomic E-state index is 0.0512. The second kappa shape index (κ2) is 9.12. The average Bonchev–Trinajstić information content (AvgIpc) is 2.58. The molecule has 2 atom stereocenters. The number of carboxylic acids is 1. The Hall–Kier alpha value is -2.23. The molecule has 1 aromatic carbocycles. The van der Waals surface area contributed by atoms with Crippen molar-refractivity contribution in [3.8, 4) is 11.5 Å². The van der Waals surface area contributed by atoms with Gasteiger partial charge in [0.05, 0.1) is 6.42 Å². The molecule has 0 amide bonds. The third-order valence-electron chi connectivity index (χ3n) is 5.61. The van der Waals surface area contributed by atoms with E-state index in [1.165, 1.54) is 5.57 Å². The Morgan fingerprint density at radius 2 is 2.00 bits per heavy atom. The van der Waals surface area contributed by atoms with Crippen molar-refractivity contribution in [3.05, 3.63) is 46.6 Å². The van der Waals surface area contributed by atoms with Crippen LogP contribution < -0.4 is 0 Å². The van der Waals surface area contributed by atoms with E-state index in [0.717, 1.165) is 43.2 Å². The molecule has 4 nitrogen and oxygen atoms in total. The number of unbranched alkanes of at least 4 members (excludes halogenated alkanes) is 2. The van der Waals surface area contributed by atoms with Gasteiger partial charge >= 0.3 is 5.97 Å². The Morgan fingerprint density at radius 1 is 1.30 bits per heavy atom. The highest BCUT2D eigenvalue weighted by atomic mass is 16.4. The van der Waals surface area contributed by atoms with Gasteiger partial charge in [-0.25, -0.2) is 0 Å². The number of aryl methyl sites for hydroxylation is 1. The molecule has 0 aliphatic heterocycles. The van der Waals surface area contributed by atoms with Crippen LogP contribution in [-0.4, -0.2) is 21.3 Å². The summed E-state index contributed by atoms with van der Waals surface area (Å²) >= 11 is 0. The summed E-state index contributed by atoms with van der Waals surface area (Å²) in [5.41, 5.74) is 3.83. The second-order valence-corrected chi connectivity index (χ2v) is 7.85. The minimum Gasteiger partial charge on any atom is -0.507 e. The first kappa shape index (κ1) is 21.1. The molecule has 4 heteroatoms. The Kier molecular flexibility index (Phi) is 7.11. The SMILES string of the molecule is C=C(C)C1CCC(C)=CC1c1c(O)cc(CCCCC)c(CC(=O)O)c1O. The fourth-order valence-corrected chi connectivity index (χ4v) is 4.14. The van der Waals surface area contributed by atoms with Gasteiger partial charge in [0, 0.05) is 17.0 Å². The van der Waals surface area contributed by atoms with Gasteiger partial charge in [0.1, 0.15) is 11.5 Å². The standard InChI is InChI=1S/C23H32O4/c1-5-6-7-8-16-12-20(24)22(23(27)18(16)13-21(25)26)19-11-15(4)9-10-17(19)14(2)3/h11-12,17,19,24,27H,2,5-10,13H2,1,3-4H3,(H,25,26). The first-order valence-corrected chi connectivity index (χ1v) is 9.87. The molecule has 0 aromatic heterocycles. The van der Waals surface area contributed by atoms with Gasteiger partial charge in [0.2, 0.25) is 0 Å². The number of aliphatic carboxylic acids is 1. The van der Waals surface area contributed by atoms with Gasteiger partial charge in [0.15, 0.2) is 0 Å². The summed E-state index contributed by atoms with van der Waals surface area (Å²) in [4.78, 5) is 11.4. The molecule has 2 rings (SSSR count). The number of rotatable bonds is 8. The lowest BCUT2D eigenvalue weighted by atomic mass is 9.73. The maximum absolute atomic E-state index is 11.4. The number of phenols is 2. The summed E-state index contributed by atoms with van der Waals surface area (Å²) in [6.45, 7) is 10.2. The van der Waals surface area contributed by atoms with Crippen LogP contribution in [0.2, 0.25) is 0 Å². The van der Waals surface area contributed by atoms with Crippen LogP contribution in [0, 0.1) is 5.92 Å². The fraction of sp³-hybridized carbons (Fsp3) is 0.522. The normalized spacial score (nSPS) is 19.6. The number of hydrogen-bond donors (Lipinski definition) is 3. The van der Waals surface area contributed by atoms with Crippen LogP contribution in [0.25, 0.3) is 0 Å². The number of carboxylic acid groups (broad SMARTS) is 1. The van der Waals surface area contributed by atoms with E-state index in [1.807, 2.05) is 13.8 Å². The molecule has 0 bridgehead atoms. The zero-order valence-corrected chi connectivity index (χ0v) is 16.7. The smallest absolute Gasteiger partial charge is 0.307 e. The lowest BCUT2D eigenvalue weighted by Gasteiger charge is -2.32. The van der Waals surface area contributed by atoms with Gasteiger partial charge in [-0.3, -0.25) is 4.79 Å². The van der Waals surface area contributed by atoms with E-state index in [4.69, 9.17) is 0 Å². The van der Waals surface area contributed by atoms with Crippen molar-refractivity contribution in [2.75, 3.05) is 0 Å². The van der Waals surface area contributed by atoms with E-state index in [9.17, 15) is 20.1 Å². The minimum atomic E-state index is -0.981. The predicted molar refractivity (Wildman–Crippen MR) is 108 cm³/mol. The maximum atomic E-state index is 11.4. The number of hydrogen-bond acceptors (Lipinski definition) is 3. The van der Waals surface area contributed by atoms with Crippen LogP contribution in [0.4, 0.5) is 0 Å². The Bertz CT molecular complexity index is 745. The van der Waals surface area contributed by atoms with Gasteiger partial charge in [-0.05, 0) is 57.1 Å². The van der Waals surface area contributed by atoms with Crippen molar-refractivity contribution >= 4 is 5.97 Å². The molecule has 1 aliphatic carbocycles. The summed E-state index contributed by atoms with van der Waals surface area (Å²) in [6, 6.07) is 1.66. The van der Waals surface area contributed by atoms with E-state index in [2.05, 4.69) is 19.6 Å². The summed E-state index contributed by atoms with van der Waals surface area (Å²) in [5.74, 6) is -1.06. The highest BCUT2D eigenvalue weighted by Crippen LogP contribution is 2.48. The summed E-state index contributed by atoms with van der Waals surface area (Å²) in [6.07, 6.45) is 7.35. The van der Waals surface area contributed by atoms with Gasteiger partial charge in [-0.15, -0.1) is 0 Å². The van der Waals surface area contributed by atoms with Crippen LogP contribution >= 0.6 is 0 Å². The van der Waals surface area contributed by atoms with E-state index in [0.29, 0.717) is 17.5 Å². The van der Waals surface area contributed by atoms with Crippen molar-refractivity contribution in [2.24, 2.45) is 5.92 Å². The van der Waals surface area contributed by atoms with Crippen molar-refractivity contribution in [2.45, 2.75) is 71.6 Å². The quantitative estimate of drug-likeness (QED) is 0.417. The third kappa shape index (κ3) is 4.94. The van der Waals surface area contributed by atoms with Crippen LogP contribution in [0.3, 0.4) is 0 Å². The summed E-state index contributed by atoms with van der Waals surface area (Å²) in [5, 5.41) is 31.1. The molecule has 0 fully saturated rings. The molecule has 27 heavy (non-hydrogen) atoms. The first-order chi connectivity index (χ1) is 12.8. The third-order valence-corrected chi connectivity index (χ3v) is 5.61. The maximum Gasteiger partial charge on any atom is 0.307 e. The lowest BCUT2D eigenvalue weighted by Crippen LogP contribution is -2.18. The van der Waals surface area contributed by atoms with Gasteiger partial charge < -0.3 is 15.3 Å². The molecular weight excluding hydrogens is 340 g/mol. The molecule has 1 aliphatic rings. The first-order valence-electron chi connectivity index (χ1n) is 9.87. The Labute approximate surface area is 162 Å². The van der Waals surface area contributed by atoms with Crippen molar-refractivity contribution in [3.63, 3.8) is 0 Å². The van der Waals surface area contributed by atoms with Crippen LogP contribution in [-0.2, 0) is 17.6 Å². The topological polar surface area (TPSA) is 77.8 Å². The van der Waals surface area contributed by atoms with E-state index < -0.39 is 5.97 Å². The second-order valence-electron chi connectivity index (χ2n) is 7.85. The van der Waals surface area contributed by atoms with Crippen molar-refractivity contribution < 1.29 is 20.1 Å². The van der Waals surface area contributed by atoms with Gasteiger partial charge in [0.25, 0.3) is 0 Å². The molecule has 0 saturated heterocycles. The average molecular weight is 373 g/mol. The number of benzene rings is 1. The number of carbonyl (C=O) groups is 1. The molecule has 0 heterocycles. The summed E-state index contributed by atoms with van der Waals surface area (Å²) in [7, 11) is 0.